The maximum atomic E-state index is 14.3. The molecule has 1 aliphatic heterocycles. The molecule has 0 spiro atoms. The number of nitrogens with one attached hydrogen (secondary N) is 1. The minimum absolute atomic E-state index is 0.0202. The van der Waals surface area contributed by atoms with Gasteiger partial charge in [-0.25, -0.2) is 18.0 Å². The van der Waals surface area contributed by atoms with Crippen molar-refractivity contribution < 1.29 is 40.7 Å². The number of fused-ring (bicyclic) bond motifs is 1. The molecule has 1 aliphatic rings. The quantitative estimate of drug-likeness (QED) is 0.685. The number of rotatable bonds is 5. The fraction of sp³-hybridized carbons (Fsp3) is 0.263. The summed E-state index contributed by atoms with van der Waals surface area (Å²) < 4.78 is 81.8. The van der Waals surface area contributed by atoms with Gasteiger partial charge in [0.2, 0.25) is 5.91 Å². The number of urea groups is 1. The molecule has 0 radical (unpaired) electrons. The topological polar surface area (TPSA) is 84.7 Å². The number of anilines is 1. The van der Waals surface area contributed by atoms with E-state index in [1.54, 1.807) is 0 Å². The fourth-order valence-electron chi connectivity index (χ4n) is 3.24. The third kappa shape index (κ3) is 5.19. The molecule has 2 aromatic rings. The van der Waals surface area contributed by atoms with E-state index in [4.69, 9.17) is 5.73 Å². The number of ether oxygens (including phenoxy) is 1. The number of nitrogens with zero attached hydrogens (tertiary/aromatic N) is 1. The van der Waals surface area contributed by atoms with E-state index in [2.05, 4.69) is 10.1 Å². The smallest absolute Gasteiger partial charge is 0.406 e. The van der Waals surface area contributed by atoms with Crippen LogP contribution in [0.4, 0.5) is 36.8 Å². The van der Waals surface area contributed by atoms with Gasteiger partial charge in [-0.1, -0.05) is 12.1 Å². The number of benzene rings is 2. The first kappa shape index (κ1) is 22.2. The number of nitrogens with two attached hydrogens (primary N) is 1. The van der Waals surface area contributed by atoms with Gasteiger partial charge in [-0.3, -0.25) is 4.79 Å². The molecule has 3 N–H and O–H groups in total. The largest absolute Gasteiger partial charge is 0.573 e. The van der Waals surface area contributed by atoms with Crippen LogP contribution in [0.25, 0.3) is 0 Å². The molecule has 0 unspecified atom stereocenters. The molecular weight excluding hydrogens is 432 g/mol. The van der Waals surface area contributed by atoms with Crippen LogP contribution in [-0.4, -0.2) is 24.3 Å². The molecule has 0 fully saturated rings. The maximum Gasteiger partial charge on any atom is 0.573 e. The predicted octanol–water partition coefficient (Wildman–Crippen LogP) is 3.79. The molecule has 0 saturated carbocycles. The molecule has 31 heavy (non-hydrogen) atoms. The Morgan fingerprint density at radius 1 is 1.23 bits per heavy atom. The highest BCUT2D eigenvalue weighted by molar-refractivity contribution is 6.01. The van der Waals surface area contributed by atoms with Gasteiger partial charge in [-0.15, -0.1) is 13.2 Å². The highest BCUT2D eigenvalue weighted by Crippen LogP contribution is 2.34. The number of primary amides is 1. The monoisotopic (exact) mass is 447 g/mol. The number of alkyl halides is 5. The van der Waals surface area contributed by atoms with Crippen LogP contribution < -0.4 is 20.7 Å². The first-order valence-corrected chi connectivity index (χ1v) is 8.77. The van der Waals surface area contributed by atoms with Gasteiger partial charge in [0, 0.05) is 23.2 Å². The Balaban J connectivity index is 2.02. The average Bonchev–Trinajstić information content (AvgIpc) is 2.65. The number of hydrogen-bond acceptors (Lipinski definition) is 3. The summed E-state index contributed by atoms with van der Waals surface area (Å²) in [5, 5.41) is 2.21. The van der Waals surface area contributed by atoms with Gasteiger partial charge in [-0.05, 0) is 29.8 Å². The summed E-state index contributed by atoms with van der Waals surface area (Å²) in [6.45, 7) is -0.601. The highest BCUT2D eigenvalue weighted by Gasteiger charge is 2.35. The van der Waals surface area contributed by atoms with Crippen LogP contribution in [0.1, 0.15) is 23.1 Å². The molecule has 0 bridgehead atoms. The molecule has 6 nitrogen and oxygen atoms in total. The van der Waals surface area contributed by atoms with Gasteiger partial charge < -0.3 is 20.7 Å². The molecule has 1 atom stereocenters. The second-order valence-electron chi connectivity index (χ2n) is 6.68. The van der Waals surface area contributed by atoms with Gasteiger partial charge in [0.05, 0.1) is 6.54 Å². The Kier molecular flexibility index (Phi) is 6.00. The van der Waals surface area contributed by atoms with E-state index in [-0.39, 0.29) is 17.7 Å². The van der Waals surface area contributed by atoms with Gasteiger partial charge >= 0.3 is 12.4 Å². The minimum atomic E-state index is -5.02. The zero-order chi connectivity index (χ0) is 22.9. The van der Waals surface area contributed by atoms with Crippen molar-refractivity contribution >= 4 is 17.6 Å². The van der Waals surface area contributed by atoms with Gasteiger partial charge in [-0.2, -0.15) is 0 Å². The molecule has 3 rings (SSSR count). The normalized spacial score (nSPS) is 16.3. The first-order valence-electron chi connectivity index (χ1n) is 8.77. The van der Waals surface area contributed by atoms with Crippen LogP contribution in [0, 0.1) is 5.82 Å². The average molecular weight is 447 g/mol. The summed E-state index contributed by atoms with van der Waals surface area (Å²) in [4.78, 5) is 25.0. The minimum Gasteiger partial charge on any atom is -0.406 e. The Labute approximate surface area is 171 Å². The van der Waals surface area contributed by atoms with Crippen molar-refractivity contribution in [3.63, 3.8) is 0 Å². The van der Waals surface area contributed by atoms with E-state index >= 15 is 0 Å². The lowest BCUT2D eigenvalue weighted by Gasteiger charge is -2.34. The molecule has 2 aromatic carbocycles. The summed E-state index contributed by atoms with van der Waals surface area (Å²) >= 11 is 0. The lowest BCUT2D eigenvalue weighted by Crippen LogP contribution is -2.53. The second kappa shape index (κ2) is 8.36. The van der Waals surface area contributed by atoms with E-state index in [0.717, 1.165) is 35.2 Å². The van der Waals surface area contributed by atoms with Crippen LogP contribution >= 0.6 is 0 Å². The van der Waals surface area contributed by atoms with Crippen LogP contribution in [0.15, 0.2) is 36.4 Å². The Morgan fingerprint density at radius 2 is 1.94 bits per heavy atom. The summed E-state index contributed by atoms with van der Waals surface area (Å²) in [5.74, 6) is -2.46. The van der Waals surface area contributed by atoms with Crippen LogP contribution in [-0.2, 0) is 17.8 Å². The molecular formula is C19H15F6N3O3. The van der Waals surface area contributed by atoms with Crippen molar-refractivity contribution in [3.8, 4) is 5.75 Å². The highest BCUT2D eigenvalue weighted by atomic mass is 19.4. The zero-order valence-corrected chi connectivity index (χ0v) is 15.6. The maximum absolute atomic E-state index is 14.3. The molecule has 1 heterocycles. The molecule has 3 amide bonds. The Bertz CT molecular complexity index is 1010. The Hall–Kier alpha value is -3.44. The van der Waals surface area contributed by atoms with Gasteiger partial charge in [0.15, 0.2) is 0 Å². The SMILES string of the molecule is NC(=O)N[C@@H]1Cc2ccc(C(F)F)cc2N(Cc2cc(OC(F)(F)F)ccc2F)C1=O. The fourth-order valence-corrected chi connectivity index (χ4v) is 3.24. The third-order valence-corrected chi connectivity index (χ3v) is 4.54. The van der Waals surface area contributed by atoms with E-state index in [1.165, 1.54) is 6.07 Å². The van der Waals surface area contributed by atoms with Crippen molar-refractivity contribution in [2.24, 2.45) is 5.73 Å². The standard InChI is InChI=1S/C19H15F6N3O3/c20-13-4-3-12(31-19(23,24)25)5-11(13)8-28-15-7-10(16(21)22)2-1-9(15)6-14(17(28)29)27-18(26)30/h1-5,7,14,16H,6,8H2,(H3,26,27,30)/t14-/m1/s1. The summed E-state index contributed by atoms with van der Waals surface area (Å²) in [6.07, 6.45) is -7.94. The summed E-state index contributed by atoms with van der Waals surface area (Å²) in [7, 11) is 0. The number of carbonyl (C=O) groups is 2. The number of halogens is 6. The van der Waals surface area contributed by atoms with Crippen molar-refractivity contribution in [1.29, 1.82) is 0 Å². The number of amides is 3. The summed E-state index contributed by atoms with van der Waals surface area (Å²) in [6, 6.07) is 3.54. The molecule has 0 aromatic heterocycles. The Morgan fingerprint density at radius 3 is 2.55 bits per heavy atom. The molecule has 166 valence electrons. The van der Waals surface area contributed by atoms with Crippen molar-refractivity contribution in [1.82, 2.24) is 5.32 Å². The van der Waals surface area contributed by atoms with E-state index in [1.807, 2.05) is 0 Å². The number of carbonyl (C=O) groups excluding carboxylic acids is 2. The van der Waals surface area contributed by atoms with Crippen molar-refractivity contribution in [2.45, 2.75) is 31.8 Å². The van der Waals surface area contributed by atoms with Crippen molar-refractivity contribution in [3.05, 3.63) is 58.9 Å². The molecule has 0 saturated heterocycles. The zero-order valence-electron chi connectivity index (χ0n) is 15.6. The van der Waals surface area contributed by atoms with Crippen LogP contribution in [0.3, 0.4) is 0 Å². The lowest BCUT2D eigenvalue weighted by atomic mass is 9.95. The first-order chi connectivity index (χ1) is 14.4. The van der Waals surface area contributed by atoms with Crippen molar-refractivity contribution in [2.75, 3.05) is 4.90 Å². The predicted molar refractivity (Wildman–Crippen MR) is 95.9 cm³/mol. The van der Waals surface area contributed by atoms with E-state index in [9.17, 15) is 35.9 Å². The lowest BCUT2D eigenvalue weighted by molar-refractivity contribution is -0.274. The van der Waals surface area contributed by atoms with Crippen LogP contribution in [0.5, 0.6) is 5.75 Å². The van der Waals surface area contributed by atoms with Gasteiger partial charge in [0.25, 0.3) is 6.43 Å². The van der Waals surface area contributed by atoms with E-state index in [0.29, 0.717) is 5.56 Å². The molecule has 12 heteroatoms. The number of hydrogen-bond donors (Lipinski definition) is 2. The molecule has 0 aliphatic carbocycles. The second-order valence-corrected chi connectivity index (χ2v) is 6.68. The third-order valence-electron chi connectivity index (χ3n) is 4.54. The van der Waals surface area contributed by atoms with E-state index < -0.39 is 54.4 Å². The van der Waals surface area contributed by atoms with Gasteiger partial charge in [0.1, 0.15) is 17.6 Å². The summed E-state index contributed by atoms with van der Waals surface area (Å²) in [5.41, 5.74) is 4.70. The van der Waals surface area contributed by atoms with Crippen LogP contribution in [0.2, 0.25) is 0 Å².